The van der Waals surface area contributed by atoms with Crippen molar-refractivity contribution in [3.8, 4) is 5.75 Å². The minimum absolute atomic E-state index is 0.0162. The normalized spacial score (nSPS) is 12.1. The number of benzene rings is 2. The molecule has 0 saturated heterocycles. The number of nitrogens with two attached hydrogens (primary N) is 1. The summed E-state index contributed by atoms with van der Waals surface area (Å²) in [7, 11) is -3.77. The van der Waals surface area contributed by atoms with Gasteiger partial charge in [-0.1, -0.05) is 24.3 Å². The number of ether oxygens (including phenoxy) is 2. The molecule has 0 radical (unpaired) electrons. The molecular formula is C20H24N2O6S. The molecule has 0 heterocycles. The van der Waals surface area contributed by atoms with E-state index in [2.05, 4.69) is 5.32 Å². The largest absolute Gasteiger partial charge is 0.482 e. The Morgan fingerprint density at radius 2 is 1.72 bits per heavy atom. The standard InChI is InChI=1S/C20H24N2O6S/c1-13-4-5-14(2)18(10-13)27-12-20(24)28-11-19(23)22-15(3)16-6-8-17(9-7-16)29(21,25)26/h4-10,15H,11-12H2,1-3H3,(H,22,23)(H2,21,25,26)/t15-/m1/s1. The van der Waals surface area contributed by atoms with Gasteiger partial charge >= 0.3 is 5.97 Å². The molecule has 0 aliphatic heterocycles. The zero-order chi connectivity index (χ0) is 21.6. The van der Waals surface area contributed by atoms with Crippen LogP contribution in [0.1, 0.15) is 29.7 Å². The molecule has 0 spiro atoms. The summed E-state index contributed by atoms with van der Waals surface area (Å²) < 4.78 is 32.9. The monoisotopic (exact) mass is 420 g/mol. The fourth-order valence-corrected chi connectivity index (χ4v) is 3.02. The van der Waals surface area contributed by atoms with Crippen molar-refractivity contribution in [3.05, 3.63) is 59.2 Å². The number of hydrogen-bond donors (Lipinski definition) is 2. The van der Waals surface area contributed by atoms with E-state index < -0.39 is 34.5 Å². The van der Waals surface area contributed by atoms with Crippen molar-refractivity contribution in [2.75, 3.05) is 13.2 Å². The number of sulfonamides is 1. The van der Waals surface area contributed by atoms with Crippen LogP contribution in [0.15, 0.2) is 47.4 Å². The van der Waals surface area contributed by atoms with Gasteiger partial charge < -0.3 is 14.8 Å². The van der Waals surface area contributed by atoms with E-state index in [0.717, 1.165) is 11.1 Å². The fraction of sp³-hybridized carbons (Fsp3) is 0.300. The highest BCUT2D eigenvalue weighted by Gasteiger charge is 2.14. The van der Waals surface area contributed by atoms with E-state index in [9.17, 15) is 18.0 Å². The smallest absolute Gasteiger partial charge is 0.344 e. The molecule has 1 atom stereocenters. The molecule has 2 aromatic carbocycles. The van der Waals surface area contributed by atoms with Crippen LogP contribution in [0.2, 0.25) is 0 Å². The second-order valence-electron chi connectivity index (χ2n) is 6.62. The van der Waals surface area contributed by atoms with E-state index in [-0.39, 0.29) is 11.5 Å². The molecule has 0 aliphatic rings. The maximum atomic E-state index is 12.0. The van der Waals surface area contributed by atoms with Gasteiger partial charge in [-0.25, -0.2) is 18.4 Å². The number of rotatable bonds is 8. The number of carbonyl (C=O) groups excluding carboxylic acids is 2. The van der Waals surface area contributed by atoms with E-state index in [4.69, 9.17) is 14.6 Å². The highest BCUT2D eigenvalue weighted by atomic mass is 32.2. The van der Waals surface area contributed by atoms with Crippen LogP contribution in [0, 0.1) is 13.8 Å². The zero-order valence-electron chi connectivity index (χ0n) is 16.5. The van der Waals surface area contributed by atoms with Crippen molar-refractivity contribution in [2.45, 2.75) is 31.7 Å². The lowest BCUT2D eigenvalue weighted by molar-refractivity contribution is -0.150. The molecule has 0 saturated carbocycles. The van der Waals surface area contributed by atoms with Crippen LogP contribution in [-0.4, -0.2) is 33.5 Å². The third kappa shape index (κ3) is 6.88. The van der Waals surface area contributed by atoms with E-state index in [1.165, 1.54) is 12.1 Å². The summed E-state index contributed by atoms with van der Waals surface area (Å²) in [6, 6.07) is 11.0. The van der Waals surface area contributed by atoms with Crippen molar-refractivity contribution in [1.29, 1.82) is 0 Å². The number of amides is 1. The zero-order valence-corrected chi connectivity index (χ0v) is 17.3. The Hall–Kier alpha value is -2.91. The van der Waals surface area contributed by atoms with Gasteiger partial charge in [-0.2, -0.15) is 0 Å². The maximum Gasteiger partial charge on any atom is 0.344 e. The van der Waals surface area contributed by atoms with Crippen molar-refractivity contribution < 1.29 is 27.5 Å². The van der Waals surface area contributed by atoms with Crippen LogP contribution in [0.4, 0.5) is 0 Å². The number of hydrogen-bond acceptors (Lipinski definition) is 6. The Morgan fingerprint density at radius 3 is 2.34 bits per heavy atom. The Bertz CT molecular complexity index is 987. The average molecular weight is 420 g/mol. The van der Waals surface area contributed by atoms with E-state index >= 15 is 0 Å². The molecule has 0 fully saturated rings. The van der Waals surface area contributed by atoms with E-state index in [0.29, 0.717) is 11.3 Å². The molecule has 0 bridgehead atoms. The Balaban J connectivity index is 1.79. The Morgan fingerprint density at radius 1 is 1.07 bits per heavy atom. The van der Waals surface area contributed by atoms with Crippen LogP contribution < -0.4 is 15.2 Å². The number of primary sulfonamides is 1. The predicted octanol–water partition coefficient (Wildman–Crippen LogP) is 1.75. The second kappa shape index (κ2) is 9.53. The van der Waals surface area contributed by atoms with Gasteiger partial charge in [-0.05, 0) is 55.7 Å². The summed E-state index contributed by atoms with van der Waals surface area (Å²) in [4.78, 5) is 23.8. The Kier molecular flexibility index (Phi) is 7.35. The average Bonchev–Trinajstić information content (AvgIpc) is 2.66. The van der Waals surface area contributed by atoms with Gasteiger partial charge in [0.05, 0.1) is 10.9 Å². The van der Waals surface area contributed by atoms with Crippen LogP contribution in [-0.2, 0) is 24.3 Å². The van der Waals surface area contributed by atoms with E-state index in [1.54, 1.807) is 19.1 Å². The highest BCUT2D eigenvalue weighted by molar-refractivity contribution is 7.89. The minimum atomic E-state index is -3.77. The summed E-state index contributed by atoms with van der Waals surface area (Å²) in [6.07, 6.45) is 0. The first-order chi connectivity index (χ1) is 13.6. The third-order valence-corrected chi connectivity index (χ3v) is 5.07. The van der Waals surface area contributed by atoms with Gasteiger partial charge in [-0.15, -0.1) is 0 Å². The van der Waals surface area contributed by atoms with Gasteiger partial charge in [0.15, 0.2) is 13.2 Å². The minimum Gasteiger partial charge on any atom is -0.482 e. The molecule has 0 aliphatic carbocycles. The number of esters is 1. The molecule has 1 amide bonds. The van der Waals surface area contributed by atoms with Crippen molar-refractivity contribution in [1.82, 2.24) is 5.32 Å². The summed E-state index contributed by atoms with van der Waals surface area (Å²) in [5.41, 5.74) is 2.57. The van der Waals surface area contributed by atoms with Gasteiger partial charge in [0.25, 0.3) is 5.91 Å². The summed E-state index contributed by atoms with van der Waals surface area (Å²) in [6.45, 7) is 4.75. The van der Waals surface area contributed by atoms with Gasteiger partial charge in [0, 0.05) is 0 Å². The lowest BCUT2D eigenvalue weighted by Gasteiger charge is -2.15. The lowest BCUT2D eigenvalue weighted by atomic mass is 10.1. The Labute approximate surface area is 170 Å². The van der Waals surface area contributed by atoms with Crippen LogP contribution in [0.25, 0.3) is 0 Å². The fourth-order valence-electron chi connectivity index (χ4n) is 2.50. The molecule has 0 unspecified atom stereocenters. The number of aryl methyl sites for hydroxylation is 2. The second-order valence-corrected chi connectivity index (χ2v) is 8.18. The first-order valence-corrected chi connectivity index (χ1v) is 10.4. The first-order valence-electron chi connectivity index (χ1n) is 8.84. The number of carbonyl (C=O) groups is 2. The topological polar surface area (TPSA) is 125 Å². The molecule has 156 valence electrons. The molecule has 29 heavy (non-hydrogen) atoms. The maximum absolute atomic E-state index is 12.0. The van der Waals surface area contributed by atoms with Crippen LogP contribution in [0.5, 0.6) is 5.75 Å². The van der Waals surface area contributed by atoms with Gasteiger partial charge in [-0.3, -0.25) is 4.79 Å². The summed E-state index contributed by atoms with van der Waals surface area (Å²) >= 11 is 0. The third-order valence-electron chi connectivity index (χ3n) is 4.14. The first kappa shape index (κ1) is 22.4. The molecule has 3 N–H and O–H groups in total. The summed E-state index contributed by atoms with van der Waals surface area (Å²) in [5.74, 6) is -0.567. The van der Waals surface area contributed by atoms with E-state index in [1.807, 2.05) is 32.0 Å². The summed E-state index contributed by atoms with van der Waals surface area (Å²) in [5, 5.41) is 7.72. The molecule has 0 aromatic heterocycles. The molecule has 9 heteroatoms. The van der Waals surface area contributed by atoms with Crippen molar-refractivity contribution in [3.63, 3.8) is 0 Å². The van der Waals surface area contributed by atoms with Crippen LogP contribution >= 0.6 is 0 Å². The van der Waals surface area contributed by atoms with Gasteiger partial charge in [0.2, 0.25) is 10.0 Å². The molecule has 8 nitrogen and oxygen atoms in total. The number of nitrogens with one attached hydrogen (secondary N) is 1. The van der Waals surface area contributed by atoms with Crippen LogP contribution in [0.3, 0.4) is 0 Å². The molecule has 2 rings (SSSR count). The van der Waals surface area contributed by atoms with Crippen molar-refractivity contribution in [2.24, 2.45) is 5.14 Å². The predicted molar refractivity (Wildman–Crippen MR) is 107 cm³/mol. The van der Waals surface area contributed by atoms with Crippen molar-refractivity contribution >= 4 is 21.9 Å². The lowest BCUT2D eigenvalue weighted by Crippen LogP contribution is -2.32. The SMILES string of the molecule is Cc1ccc(C)c(OCC(=O)OCC(=O)N[C@H](C)c2ccc(S(N)(=O)=O)cc2)c1. The molecule has 2 aromatic rings. The quantitative estimate of drug-likeness (QED) is 0.627. The molecular weight excluding hydrogens is 396 g/mol. The van der Waals surface area contributed by atoms with Gasteiger partial charge in [0.1, 0.15) is 5.75 Å². The highest BCUT2D eigenvalue weighted by Crippen LogP contribution is 2.19.